The van der Waals surface area contributed by atoms with Crippen molar-refractivity contribution in [3.63, 3.8) is 0 Å². The van der Waals surface area contributed by atoms with Crippen LogP contribution in [0.5, 0.6) is 5.75 Å². The number of rotatable bonds is 14. The third kappa shape index (κ3) is 7.44. The number of aliphatic imine (C=N–C) groups is 1. The quantitative estimate of drug-likeness (QED) is 0.0958. The fourth-order valence-electron chi connectivity index (χ4n) is 4.84. The lowest BCUT2D eigenvalue weighted by molar-refractivity contribution is -0.129. The summed E-state index contributed by atoms with van der Waals surface area (Å²) in [6.07, 6.45) is -0.321. The lowest BCUT2D eigenvalue weighted by Gasteiger charge is -2.32. The third-order valence-corrected chi connectivity index (χ3v) is 6.96. The van der Waals surface area contributed by atoms with Crippen LogP contribution < -0.4 is 10.1 Å². The van der Waals surface area contributed by atoms with E-state index in [1.165, 1.54) is 0 Å². The lowest BCUT2D eigenvalue weighted by atomic mass is 9.80. The zero-order chi connectivity index (χ0) is 30.7. The molecule has 0 fully saturated rings. The molecule has 1 aliphatic rings. The number of benzene rings is 3. The summed E-state index contributed by atoms with van der Waals surface area (Å²) in [5.41, 5.74) is 19.7. The zero-order valence-electron chi connectivity index (χ0n) is 24.1. The van der Waals surface area contributed by atoms with Crippen LogP contribution in [-0.2, 0) is 22.5 Å². The molecule has 2 N–H and O–H groups in total. The van der Waals surface area contributed by atoms with Crippen molar-refractivity contribution in [2.24, 2.45) is 21.1 Å². The molecule has 0 aliphatic carbocycles. The first-order chi connectivity index (χ1) is 20.9. The van der Waals surface area contributed by atoms with Crippen LogP contribution >= 0.6 is 0 Å². The predicted octanol–water partition coefficient (Wildman–Crippen LogP) is 6.47. The highest BCUT2D eigenvalue weighted by atomic mass is 16.5. The van der Waals surface area contributed by atoms with Gasteiger partial charge in [0.1, 0.15) is 5.75 Å². The van der Waals surface area contributed by atoms with E-state index in [-0.39, 0.29) is 37.3 Å². The molecule has 12 heteroatoms. The molecule has 3 aromatic carbocycles. The maximum absolute atomic E-state index is 14.3. The van der Waals surface area contributed by atoms with Crippen molar-refractivity contribution in [1.29, 1.82) is 0 Å². The Balaban J connectivity index is 1.87. The maximum Gasteiger partial charge on any atom is 0.252 e. The summed E-state index contributed by atoms with van der Waals surface area (Å²) in [5.74, 6) is 0.694. The molecule has 0 aromatic heterocycles. The average molecular weight is 583 g/mol. The number of aliphatic hydroxyl groups excluding tert-OH is 1. The minimum absolute atomic E-state index is 0.0361. The number of carbonyl (C=O) groups is 1. The van der Waals surface area contributed by atoms with Gasteiger partial charge >= 0.3 is 0 Å². The summed E-state index contributed by atoms with van der Waals surface area (Å²) < 4.78 is 12.2. The molecule has 3 aromatic rings. The Morgan fingerprint density at radius 3 is 2.49 bits per heavy atom. The molecule has 0 saturated carbocycles. The second-order valence-electron chi connectivity index (χ2n) is 10.5. The minimum Gasteiger partial charge on any atom is -0.494 e. The molecule has 0 spiro atoms. The predicted molar refractivity (Wildman–Crippen MR) is 163 cm³/mol. The molecule has 0 bridgehead atoms. The Bertz CT molecular complexity index is 1550. The molecule has 4 rings (SSSR count). The summed E-state index contributed by atoms with van der Waals surface area (Å²) in [5, 5.41) is 19.7. The van der Waals surface area contributed by atoms with Crippen molar-refractivity contribution in [2.45, 2.75) is 44.9 Å². The average Bonchev–Trinajstić information content (AvgIpc) is 3.40. The van der Waals surface area contributed by atoms with E-state index in [2.05, 4.69) is 25.4 Å². The number of nitrogens with one attached hydrogen (secondary N) is 1. The van der Waals surface area contributed by atoms with Gasteiger partial charge < -0.3 is 19.9 Å². The van der Waals surface area contributed by atoms with E-state index < -0.39 is 11.6 Å². The summed E-state index contributed by atoms with van der Waals surface area (Å²) in [6.45, 7) is 4.93. The first-order valence-corrected chi connectivity index (χ1v) is 14.0. The highest BCUT2D eigenvalue weighted by Gasteiger charge is 2.54. The summed E-state index contributed by atoms with van der Waals surface area (Å²) in [4.78, 5) is 25.2. The topological polar surface area (TPSA) is 178 Å². The molecule has 43 heavy (non-hydrogen) atoms. The maximum atomic E-state index is 14.3. The van der Waals surface area contributed by atoms with Crippen LogP contribution in [0.1, 0.15) is 48.6 Å². The molecule has 1 aliphatic heterocycles. The molecule has 1 heterocycles. The van der Waals surface area contributed by atoms with Gasteiger partial charge in [-0.25, -0.2) is 4.99 Å². The van der Waals surface area contributed by atoms with E-state index >= 15 is 0 Å². The highest BCUT2D eigenvalue weighted by molar-refractivity contribution is 6.01. The van der Waals surface area contributed by atoms with Crippen LogP contribution in [0.3, 0.4) is 0 Å². The van der Waals surface area contributed by atoms with Gasteiger partial charge in [-0.1, -0.05) is 72.6 Å². The lowest BCUT2D eigenvalue weighted by Crippen LogP contribution is -2.50. The molecular formula is C31H34N8O4. The molecule has 1 amide bonds. The number of ether oxygens (including phenoxy) is 2. The Labute approximate surface area is 249 Å². The van der Waals surface area contributed by atoms with Gasteiger partial charge in [0.05, 0.1) is 13.2 Å². The van der Waals surface area contributed by atoms with E-state index in [4.69, 9.17) is 25.1 Å². The standard InChI is InChI=1S/C31H34N8O4/c1-21(2)19-34-30(41)31(18-23-8-3-4-9-24(23)20-35-38-32)28(26-10-5-6-11-27(26)37-39-33)43-29(36-31)22-12-14-25(15-13-22)42-17-7-16-40/h3-6,8-15,21,28,40H,7,16-20H2,1-2H3,(H,34,41)/t28-,31-/m1/s1. The molecule has 0 radical (unpaired) electrons. The normalized spacial score (nSPS) is 17.3. The number of azide groups is 2. The van der Waals surface area contributed by atoms with Crippen LogP contribution in [0.15, 0.2) is 88.0 Å². The first-order valence-electron chi connectivity index (χ1n) is 14.0. The first kappa shape index (κ1) is 30.9. The van der Waals surface area contributed by atoms with E-state index in [1.807, 2.05) is 38.1 Å². The number of aliphatic hydroxyl groups is 1. The van der Waals surface area contributed by atoms with Crippen LogP contribution in [-0.4, -0.2) is 42.2 Å². The highest BCUT2D eigenvalue weighted by Crippen LogP contribution is 2.45. The number of amides is 1. The van der Waals surface area contributed by atoms with E-state index in [9.17, 15) is 10.3 Å². The van der Waals surface area contributed by atoms with Gasteiger partial charge in [0.25, 0.3) is 5.91 Å². The van der Waals surface area contributed by atoms with Crippen LogP contribution in [0.4, 0.5) is 5.69 Å². The number of carbonyl (C=O) groups excluding carboxylic acids is 1. The van der Waals surface area contributed by atoms with Crippen molar-refractivity contribution in [1.82, 2.24) is 5.32 Å². The molecule has 2 atom stereocenters. The summed E-state index contributed by atoms with van der Waals surface area (Å²) >= 11 is 0. The Morgan fingerprint density at radius 2 is 1.79 bits per heavy atom. The minimum atomic E-state index is -1.51. The molecule has 0 unspecified atom stereocenters. The van der Waals surface area contributed by atoms with Crippen molar-refractivity contribution in [2.75, 3.05) is 19.8 Å². The smallest absolute Gasteiger partial charge is 0.252 e. The van der Waals surface area contributed by atoms with Crippen molar-refractivity contribution >= 4 is 17.5 Å². The van der Waals surface area contributed by atoms with E-state index in [0.717, 1.165) is 11.1 Å². The molecule has 12 nitrogen and oxygen atoms in total. The fourth-order valence-corrected chi connectivity index (χ4v) is 4.84. The van der Waals surface area contributed by atoms with Gasteiger partial charge in [0, 0.05) is 52.6 Å². The van der Waals surface area contributed by atoms with Crippen LogP contribution in [0.2, 0.25) is 0 Å². The van der Waals surface area contributed by atoms with Crippen molar-refractivity contribution in [3.8, 4) is 5.75 Å². The Hall–Kier alpha value is -5.02. The zero-order valence-corrected chi connectivity index (χ0v) is 24.1. The van der Waals surface area contributed by atoms with Crippen LogP contribution in [0.25, 0.3) is 20.9 Å². The number of nitrogens with zero attached hydrogens (tertiary/aromatic N) is 7. The van der Waals surface area contributed by atoms with Gasteiger partial charge in [0.15, 0.2) is 11.6 Å². The largest absolute Gasteiger partial charge is 0.494 e. The van der Waals surface area contributed by atoms with Gasteiger partial charge in [-0.2, -0.15) is 0 Å². The molecule has 0 saturated heterocycles. The van der Waals surface area contributed by atoms with Crippen molar-refractivity contribution < 1.29 is 19.4 Å². The second kappa shape index (κ2) is 14.7. The van der Waals surface area contributed by atoms with Crippen LogP contribution in [0, 0.1) is 5.92 Å². The third-order valence-electron chi connectivity index (χ3n) is 6.96. The Morgan fingerprint density at radius 1 is 1.07 bits per heavy atom. The fraction of sp³-hybridized carbons (Fsp3) is 0.355. The van der Waals surface area contributed by atoms with Gasteiger partial charge in [0.2, 0.25) is 5.90 Å². The van der Waals surface area contributed by atoms with Crippen molar-refractivity contribution in [3.05, 3.63) is 116 Å². The molecular weight excluding hydrogens is 548 g/mol. The van der Waals surface area contributed by atoms with E-state index in [1.54, 1.807) is 48.5 Å². The van der Waals surface area contributed by atoms with Gasteiger partial charge in [-0.3, -0.25) is 4.79 Å². The number of hydrogen-bond donors (Lipinski definition) is 2. The second-order valence-corrected chi connectivity index (χ2v) is 10.5. The van der Waals surface area contributed by atoms with Gasteiger partial charge in [-0.05, 0) is 52.4 Å². The monoisotopic (exact) mass is 582 g/mol. The SMILES string of the molecule is CC(C)CNC(=O)[C@]1(Cc2ccccc2CN=[N+]=[N-])N=C(c2ccc(OCCCO)cc2)O[C@@H]1c1ccccc1N=[N+]=[N-]. The van der Waals surface area contributed by atoms with E-state index in [0.29, 0.717) is 42.1 Å². The summed E-state index contributed by atoms with van der Waals surface area (Å²) in [6, 6.07) is 21.5. The van der Waals surface area contributed by atoms with Gasteiger partial charge in [-0.15, -0.1) is 0 Å². The number of hydrogen-bond acceptors (Lipinski definition) is 7. The Kier molecular flexibility index (Phi) is 10.6. The summed E-state index contributed by atoms with van der Waals surface area (Å²) in [7, 11) is 0. The molecule has 222 valence electrons.